The van der Waals surface area contributed by atoms with Crippen LogP contribution >= 0.6 is 11.6 Å². The van der Waals surface area contributed by atoms with Gasteiger partial charge in [0.05, 0.1) is 9.92 Å². The molecule has 2 aromatic carbocycles. The van der Waals surface area contributed by atoms with Gasteiger partial charge in [-0.25, -0.2) is 8.42 Å². The van der Waals surface area contributed by atoms with E-state index in [1.807, 2.05) is 0 Å². The van der Waals surface area contributed by atoms with Crippen molar-refractivity contribution in [1.29, 1.82) is 0 Å². The standard InChI is InChI=1S/C19H19ClF2N2O4S/c1-23-18(25)13-4-2-12(3-5-13)11-24(14-6-7-14)29(26,27)15-8-9-17(16(20)10-15)28-19(21)22/h2-5,8-10,14,19H,6-7,11H2,1H3,(H,23,25). The van der Waals surface area contributed by atoms with Crippen LogP contribution in [0, 0.1) is 0 Å². The monoisotopic (exact) mass is 444 g/mol. The molecule has 1 fully saturated rings. The molecule has 3 rings (SSSR count). The lowest BCUT2D eigenvalue weighted by atomic mass is 10.1. The molecule has 1 saturated carbocycles. The van der Waals surface area contributed by atoms with Gasteiger partial charge in [-0.3, -0.25) is 4.79 Å². The maximum absolute atomic E-state index is 13.1. The summed E-state index contributed by atoms with van der Waals surface area (Å²) in [6.07, 6.45) is 1.46. The van der Waals surface area contributed by atoms with Crippen molar-refractivity contribution >= 4 is 27.5 Å². The summed E-state index contributed by atoms with van der Waals surface area (Å²) in [6, 6.07) is 9.92. The van der Waals surface area contributed by atoms with Crippen LogP contribution in [0.1, 0.15) is 28.8 Å². The summed E-state index contributed by atoms with van der Waals surface area (Å²) < 4.78 is 56.7. The first-order valence-corrected chi connectivity index (χ1v) is 10.6. The average Bonchev–Trinajstić information content (AvgIpc) is 3.52. The second kappa shape index (κ2) is 8.64. The Morgan fingerprint density at radius 2 is 1.90 bits per heavy atom. The fourth-order valence-electron chi connectivity index (χ4n) is 2.83. The number of hydrogen-bond acceptors (Lipinski definition) is 4. The van der Waals surface area contributed by atoms with Crippen molar-refractivity contribution < 1.29 is 26.7 Å². The predicted molar refractivity (Wildman–Crippen MR) is 104 cm³/mol. The number of nitrogens with zero attached hydrogens (tertiary/aromatic N) is 1. The van der Waals surface area contributed by atoms with Gasteiger partial charge in [0.1, 0.15) is 5.75 Å². The molecule has 0 heterocycles. The molecule has 6 nitrogen and oxygen atoms in total. The van der Waals surface area contributed by atoms with Gasteiger partial charge in [0.15, 0.2) is 0 Å². The highest BCUT2D eigenvalue weighted by molar-refractivity contribution is 7.89. The normalized spacial score (nSPS) is 14.3. The van der Waals surface area contributed by atoms with Crippen LogP contribution in [0.3, 0.4) is 0 Å². The van der Waals surface area contributed by atoms with Crippen molar-refractivity contribution in [1.82, 2.24) is 9.62 Å². The van der Waals surface area contributed by atoms with Crippen LogP contribution < -0.4 is 10.1 Å². The molecule has 0 unspecified atom stereocenters. The number of hydrogen-bond donors (Lipinski definition) is 1. The summed E-state index contributed by atoms with van der Waals surface area (Å²) >= 11 is 5.92. The average molecular weight is 445 g/mol. The van der Waals surface area contributed by atoms with Gasteiger partial charge in [0.25, 0.3) is 5.91 Å². The van der Waals surface area contributed by atoms with Crippen LogP contribution in [-0.4, -0.2) is 38.3 Å². The molecule has 0 saturated heterocycles. The Balaban J connectivity index is 1.85. The van der Waals surface area contributed by atoms with Crippen LogP contribution in [0.5, 0.6) is 5.75 Å². The van der Waals surface area contributed by atoms with E-state index in [0.717, 1.165) is 30.5 Å². The summed E-state index contributed by atoms with van der Waals surface area (Å²) in [5.41, 5.74) is 1.19. The fourth-order valence-corrected chi connectivity index (χ4v) is 4.82. The Bertz CT molecular complexity index is 996. The number of alkyl halides is 2. The minimum absolute atomic E-state index is 0.0991. The molecular weight excluding hydrogens is 426 g/mol. The van der Waals surface area contributed by atoms with E-state index < -0.39 is 16.6 Å². The number of benzene rings is 2. The molecule has 1 N–H and O–H groups in total. The van der Waals surface area contributed by atoms with E-state index in [-0.39, 0.29) is 34.2 Å². The lowest BCUT2D eigenvalue weighted by molar-refractivity contribution is -0.0498. The number of rotatable bonds is 8. The molecule has 10 heteroatoms. The van der Waals surface area contributed by atoms with Gasteiger partial charge in [0, 0.05) is 25.2 Å². The van der Waals surface area contributed by atoms with E-state index in [1.54, 1.807) is 24.3 Å². The van der Waals surface area contributed by atoms with Crippen molar-refractivity contribution in [3.63, 3.8) is 0 Å². The van der Waals surface area contributed by atoms with E-state index in [0.29, 0.717) is 5.56 Å². The van der Waals surface area contributed by atoms with Crippen molar-refractivity contribution in [2.24, 2.45) is 0 Å². The molecule has 29 heavy (non-hydrogen) atoms. The summed E-state index contributed by atoms with van der Waals surface area (Å²) in [4.78, 5) is 11.5. The van der Waals surface area contributed by atoms with Crippen molar-refractivity contribution in [3.05, 3.63) is 58.6 Å². The second-order valence-corrected chi connectivity index (χ2v) is 8.83. The second-order valence-electron chi connectivity index (χ2n) is 6.53. The molecule has 0 aliphatic heterocycles. The third kappa shape index (κ3) is 5.04. The van der Waals surface area contributed by atoms with Crippen LogP contribution in [0.25, 0.3) is 0 Å². The molecular formula is C19H19ClF2N2O4S. The number of amides is 1. The summed E-state index contributed by atoms with van der Waals surface area (Å²) in [7, 11) is -2.38. The summed E-state index contributed by atoms with van der Waals surface area (Å²) in [5, 5.41) is 2.31. The Labute approximate surface area is 172 Å². The first kappa shape index (κ1) is 21.5. The fraction of sp³-hybridized carbons (Fsp3) is 0.316. The number of nitrogens with one attached hydrogen (secondary N) is 1. The van der Waals surface area contributed by atoms with Crippen LogP contribution in [-0.2, 0) is 16.6 Å². The molecule has 0 radical (unpaired) electrons. The summed E-state index contributed by atoms with van der Waals surface area (Å²) in [5.74, 6) is -0.521. The molecule has 156 valence electrons. The quantitative estimate of drug-likeness (QED) is 0.674. The largest absolute Gasteiger partial charge is 0.433 e. The first-order chi connectivity index (χ1) is 13.7. The van der Waals surface area contributed by atoms with Gasteiger partial charge in [-0.15, -0.1) is 0 Å². The van der Waals surface area contributed by atoms with Crippen LogP contribution in [0.2, 0.25) is 5.02 Å². The Morgan fingerprint density at radius 1 is 1.24 bits per heavy atom. The smallest absolute Gasteiger partial charge is 0.387 e. The highest BCUT2D eigenvalue weighted by Gasteiger charge is 2.38. The zero-order valence-corrected chi connectivity index (χ0v) is 17.0. The lowest BCUT2D eigenvalue weighted by Gasteiger charge is -2.22. The van der Waals surface area contributed by atoms with Gasteiger partial charge in [0.2, 0.25) is 10.0 Å². The summed E-state index contributed by atoms with van der Waals surface area (Å²) in [6.45, 7) is -2.94. The van der Waals surface area contributed by atoms with Gasteiger partial charge < -0.3 is 10.1 Å². The topological polar surface area (TPSA) is 75.7 Å². The Hall–Kier alpha value is -2.23. The highest BCUT2D eigenvalue weighted by Crippen LogP contribution is 2.36. The molecule has 0 aromatic heterocycles. The van der Waals surface area contributed by atoms with Crippen molar-refractivity contribution in [2.75, 3.05) is 7.05 Å². The number of halogens is 3. The molecule has 0 atom stereocenters. The van der Waals surface area contributed by atoms with Crippen molar-refractivity contribution in [3.8, 4) is 5.75 Å². The van der Waals surface area contributed by atoms with E-state index in [1.165, 1.54) is 17.4 Å². The van der Waals surface area contributed by atoms with Crippen LogP contribution in [0.4, 0.5) is 8.78 Å². The van der Waals surface area contributed by atoms with Gasteiger partial charge in [-0.05, 0) is 48.7 Å². The van der Waals surface area contributed by atoms with E-state index >= 15 is 0 Å². The lowest BCUT2D eigenvalue weighted by Crippen LogP contribution is -2.32. The zero-order chi connectivity index (χ0) is 21.2. The number of ether oxygens (including phenoxy) is 1. The number of carbonyl (C=O) groups is 1. The minimum atomic E-state index is -3.91. The molecule has 1 aliphatic carbocycles. The maximum atomic E-state index is 13.1. The third-order valence-electron chi connectivity index (χ3n) is 4.46. The van der Waals surface area contributed by atoms with Crippen molar-refractivity contribution in [2.45, 2.75) is 36.9 Å². The van der Waals surface area contributed by atoms with E-state index in [4.69, 9.17) is 11.6 Å². The highest BCUT2D eigenvalue weighted by atomic mass is 35.5. The molecule has 2 aromatic rings. The Kier molecular flexibility index (Phi) is 6.40. The Morgan fingerprint density at radius 3 is 2.41 bits per heavy atom. The van der Waals surface area contributed by atoms with E-state index in [2.05, 4.69) is 10.1 Å². The van der Waals surface area contributed by atoms with E-state index in [9.17, 15) is 22.0 Å². The van der Waals surface area contributed by atoms with Gasteiger partial charge in [-0.2, -0.15) is 13.1 Å². The maximum Gasteiger partial charge on any atom is 0.387 e. The SMILES string of the molecule is CNC(=O)c1ccc(CN(C2CC2)S(=O)(=O)c2ccc(OC(F)F)c(Cl)c2)cc1. The van der Waals surface area contributed by atoms with Gasteiger partial charge in [-0.1, -0.05) is 23.7 Å². The zero-order valence-electron chi connectivity index (χ0n) is 15.4. The minimum Gasteiger partial charge on any atom is -0.433 e. The molecule has 0 bridgehead atoms. The molecule has 1 aliphatic rings. The third-order valence-corrected chi connectivity index (χ3v) is 6.65. The van der Waals surface area contributed by atoms with Gasteiger partial charge >= 0.3 is 6.61 Å². The predicted octanol–water partition coefficient (Wildman–Crippen LogP) is 3.65. The molecule has 1 amide bonds. The number of carbonyl (C=O) groups excluding carboxylic acids is 1. The molecule has 0 spiro atoms. The van der Waals surface area contributed by atoms with Crippen LogP contribution in [0.15, 0.2) is 47.4 Å². The number of sulfonamides is 1. The first-order valence-electron chi connectivity index (χ1n) is 8.79.